The maximum atomic E-state index is 11.9. The number of nitrogens with one attached hydrogen (secondary N) is 2. The monoisotopic (exact) mass is 324 g/mol. The second kappa shape index (κ2) is 6.59. The molecule has 0 saturated heterocycles. The van der Waals surface area contributed by atoms with Crippen LogP contribution in [0.4, 0.5) is 10.0 Å². The average Bonchev–Trinajstić information content (AvgIpc) is 3.04. The Labute approximate surface area is 130 Å². The molecule has 0 fully saturated rings. The Balaban J connectivity index is 1.84. The van der Waals surface area contributed by atoms with Crippen LogP contribution in [-0.2, 0) is 0 Å². The molecule has 0 aliphatic heterocycles. The van der Waals surface area contributed by atoms with Crippen molar-refractivity contribution in [2.45, 2.75) is 13.0 Å². The van der Waals surface area contributed by atoms with Gasteiger partial charge in [0.25, 0.3) is 11.8 Å². The van der Waals surface area contributed by atoms with Crippen molar-refractivity contribution in [3.63, 3.8) is 0 Å². The van der Waals surface area contributed by atoms with E-state index >= 15 is 0 Å². The molecule has 1 unspecified atom stereocenters. The maximum absolute atomic E-state index is 11.9. The largest absolute Gasteiger partial charge is 0.390 e. The zero-order chi connectivity index (χ0) is 15.4. The maximum Gasteiger partial charge on any atom is 0.254 e. The summed E-state index contributed by atoms with van der Waals surface area (Å²) in [5.41, 5.74) is 12.3. The minimum absolute atomic E-state index is 0.222. The molecule has 2 rings (SSSR count). The number of amides is 2. The van der Waals surface area contributed by atoms with E-state index in [0.29, 0.717) is 27.7 Å². The first-order valence-corrected chi connectivity index (χ1v) is 8.00. The topological polar surface area (TPSA) is 110 Å². The third-order valence-corrected chi connectivity index (χ3v) is 4.32. The third-order valence-electron chi connectivity index (χ3n) is 2.83. The van der Waals surface area contributed by atoms with Crippen molar-refractivity contribution >= 4 is 44.5 Å². The molecule has 2 aromatic heterocycles. The Morgan fingerprint density at radius 1 is 1.10 bits per heavy atom. The van der Waals surface area contributed by atoms with Crippen LogP contribution in [0.3, 0.4) is 0 Å². The Morgan fingerprint density at radius 2 is 1.62 bits per heavy atom. The predicted octanol–water partition coefficient (Wildman–Crippen LogP) is 1.52. The summed E-state index contributed by atoms with van der Waals surface area (Å²) in [6, 6.07) is 3.12. The average molecular weight is 324 g/mol. The summed E-state index contributed by atoms with van der Waals surface area (Å²) in [4.78, 5) is 23.8. The predicted molar refractivity (Wildman–Crippen MR) is 86.7 cm³/mol. The lowest BCUT2D eigenvalue weighted by atomic mass is 10.2. The van der Waals surface area contributed by atoms with E-state index < -0.39 is 0 Å². The molecule has 0 radical (unpaired) electrons. The van der Waals surface area contributed by atoms with Gasteiger partial charge in [0.1, 0.15) is 0 Å². The van der Waals surface area contributed by atoms with Gasteiger partial charge in [0.05, 0.1) is 21.1 Å². The second-order valence-electron chi connectivity index (χ2n) is 4.48. The van der Waals surface area contributed by atoms with Crippen molar-refractivity contribution < 1.29 is 9.59 Å². The summed E-state index contributed by atoms with van der Waals surface area (Å²) < 4.78 is 0. The van der Waals surface area contributed by atoms with E-state index in [1.54, 1.807) is 29.8 Å². The van der Waals surface area contributed by atoms with Gasteiger partial charge in [0, 0.05) is 12.6 Å². The smallest absolute Gasteiger partial charge is 0.254 e. The van der Waals surface area contributed by atoms with Crippen LogP contribution >= 0.6 is 22.7 Å². The zero-order valence-electron chi connectivity index (χ0n) is 11.4. The minimum Gasteiger partial charge on any atom is -0.390 e. The molecule has 0 bridgehead atoms. The molecule has 2 amide bonds. The molecule has 2 heterocycles. The van der Waals surface area contributed by atoms with Gasteiger partial charge in [-0.15, -0.1) is 22.7 Å². The number of hydrogen-bond donors (Lipinski definition) is 4. The standard InChI is InChI=1S/C13H16N4O2S2/c1-7(17-13(19)9-3-5-21-11(9)15)6-16-12(18)8-2-4-20-10(8)14/h2-5,7H,6,14-15H2,1H3,(H,16,18)(H,17,19). The number of hydrogen-bond acceptors (Lipinski definition) is 6. The van der Waals surface area contributed by atoms with Crippen LogP contribution in [-0.4, -0.2) is 24.4 Å². The summed E-state index contributed by atoms with van der Waals surface area (Å²) in [5, 5.41) is 10.00. The minimum atomic E-state index is -0.245. The molecule has 0 aromatic carbocycles. The van der Waals surface area contributed by atoms with E-state index in [1.165, 1.54) is 22.7 Å². The number of nitrogen functional groups attached to an aromatic ring is 2. The molecule has 0 aliphatic carbocycles. The molecule has 0 spiro atoms. The zero-order valence-corrected chi connectivity index (χ0v) is 13.0. The molecule has 6 nitrogen and oxygen atoms in total. The van der Waals surface area contributed by atoms with Gasteiger partial charge < -0.3 is 22.1 Å². The summed E-state index contributed by atoms with van der Waals surface area (Å²) in [7, 11) is 0. The lowest BCUT2D eigenvalue weighted by Gasteiger charge is -2.14. The molecule has 6 N–H and O–H groups in total. The molecular formula is C13H16N4O2S2. The van der Waals surface area contributed by atoms with Crippen LogP contribution in [0, 0.1) is 0 Å². The molecule has 8 heteroatoms. The van der Waals surface area contributed by atoms with Crippen LogP contribution in [0.5, 0.6) is 0 Å². The van der Waals surface area contributed by atoms with Crippen LogP contribution in [0.2, 0.25) is 0 Å². The fourth-order valence-electron chi connectivity index (χ4n) is 1.71. The molecule has 0 aliphatic rings. The van der Waals surface area contributed by atoms with Gasteiger partial charge in [-0.2, -0.15) is 0 Å². The Morgan fingerprint density at radius 3 is 2.10 bits per heavy atom. The van der Waals surface area contributed by atoms with Gasteiger partial charge >= 0.3 is 0 Å². The van der Waals surface area contributed by atoms with Gasteiger partial charge in [0.15, 0.2) is 0 Å². The van der Waals surface area contributed by atoms with Gasteiger partial charge in [0.2, 0.25) is 0 Å². The quantitative estimate of drug-likeness (QED) is 0.668. The van der Waals surface area contributed by atoms with Gasteiger partial charge in [-0.1, -0.05) is 0 Å². The van der Waals surface area contributed by atoms with Gasteiger partial charge in [-0.05, 0) is 29.8 Å². The van der Waals surface area contributed by atoms with Crippen LogP contribution in [0.25, 0.3) is 0 Å². The lowest BCUT2D eigenvalue weighted by Crippen LogP contribution is -2.41. The molecule has 112 valence electrons. The summed E-state index contributed by atoms with van der Waals surface area (Å²) >= 11 is 2.62. The number of thiophene rings is 2. The van der Waals surface area contributed by atoms with E-state index in [-0.39, 0.29) is 17.9 Å². The summed E-state index contributed by atoms with van der Waals surface area (Å²) in [6.07, 6.45) is 0. The first-order chi connectivity index (χ1) is 9.99. The van der Waals surface area contributed by atoms with Crippen LogP contribution in [0.15, 0.2) is 22.9 Å². The summed E-state index contributed by atoms with van der Waals surface area (Å²) in [5.74, 6) is -0.490. The highest BCUT2D eigenvalue weighted by atomic mass is 32.1. The highest BCUT2D eigenvalue weighted by Crippen LogP contribution is 2.19. The van der Waals surface area contributed by atoms with Crippen molar-refractivity contribution in [2.24, 2.45) is 0 Å². The number of carbonyl (C=O) groups is 2. The van der Waals surface area contributed by atoms with Crippen molar-refractivity contribution in [3.05, 3.63) is 34.0 Å². The molecule has 2 aromatic rings. The first-order valence-electron chi connectivity index (χ1n) is 6.24. The highest BCUT2D eigenvalue weighted by molar-refractivity contribution is 7.14. The van der Waals surface area contributed by atoms with E-state index in [2.05, 4.69) is 10.6 Å². The lowest BCUT2D eigenvalue weighted by molar-refractivity contribution is 0.0913. The summed E-state index contributed by atoms with van der Waals surface area (Å²) in [6.45, 7) is 2.11. The van der Waals surface area contributed by atoms with Crippen LogP contribution < -0.4 is 22.1 Å². The molecular weight excluding hydrogens is 308 g/mol. The normalized spacial score (nSPS) is 11.9. The van der Waals surface area contributed by atoms with E-state index in [0.717, 1.165) is 0 Å². The van der Waals surface area contributed by atoms with Crippen LogP contribution in [0.1, 0.15) is 27.6 Å². The van der Waals surface area contributed by atoms with Crippen molar-refractivity contribution in [1.29, 1.82) is 0 Å². The molecule has 1 atom stereocenters. The number of anilines is 2. The Hall–Kier alpha value is -2.06. The fraction of sp³-hybridized carbons (Fsp3) is 0.231. The number of rotatable bonds is 5. The highest BCUT2D eigenvalue weighted by Gasteiger charge is 2.15. The first kappa shape index (κ1) is 15.3. The van der Waals surface area contributed by atoms with Crippen molar-refractivity contribution in [3.8, 4) is 0 Å². The number of carbonyl (C=O) groups excluding carboxylic acids is 2. The van der Waals surface area contributed by atoms with E-state index in [1.807, 2.05) is 0 Å². The molecule has 0 saturated carbocycles. The second-order valence-corrected chi connectivity index (χ2v) is 6.38. The van der Waals surface area contributed by atoms with Crippen molar-refractivity contribution in [2.75, 3.05) is 18.0 Å². The van der Waals surface area contributed by atoms with Gasteiger partial charge in [-0.3, -0.25) is 9.59 Å². The Kier molecular flexibility index (Phi) is 4.81. The van der Waals surface area contributed by atoms with Gasteiger partial charge in [-0.25, -0.2) is 0 Å². The fourth-order valence-corrected chi connectivity index (χ4v) is 2.99. The SMILES string of the molecule is CC(CNC(=O)c1ccsc1N)NC(=O)c1ccsc1N. The molecule has 21 heavy (non-hydrogen) atoms. The third kappa shape index (κ3) is 3.73. The van der Waals surface area contributed by atoms with Crippen molar-refractivity contribution in [1.82, 2.24) is 10.6 Å². The number of nitrogens with two attached hydrogens (primary N) is 2. The van der Waals surface area contributed by atoms with E-state index in [4.69, 9.17) is 11.5 Å². The van der Waals surface area contributed by atoms with E-state index in [9.17, 15) is 9.59 Å². The Bertz CT molecular complexity index is 650.